The van der Waals surface area contributed by atoms with E-state index in [4.69, 9.17) is 9.72 Å². The monoisotopic (exact) mass is 345 g/mol. The number of hydrogen-bond donors (Lipinski definition) is 0. The molecule has 2 aliphatic heterocycles. The van der Waals surface area contributed by atoms with E-state index >= 15 is 0 Å². The van der Waals surface area contributed by atoms with Gasteiger partial charge in [0, 0.05) is 32.8 Å². The number of piperazine rings is 1. The first kappa shape index (κ1) is 15.8. The fourth-order valence-electron chi connectivity index (χ4n) is 3.41. The first-order chi connectivity index (χ1) is 11.7. The third kappa shape index (κ3) is 3.00. The molecule has 1 unspecified atom stereocenters. The van der Waals surface area contributed by atoms with Crippen LogP contribution in [0, 0.1) is 0 Å². The van der Waals surface area contributed by atoms with Crippen LogP contribution in [0.4, 0.5) is 5.13 Å². The maximum absolute atomic E-state index is 12.4. The topological polar surface area (TPSA) is 45.7 Å². The van der Waals surface area contributed by atoms with Crippen LogP contribution in [0.2, 0.25) is 0 Å². The number of anilines is 1. The standard InChI is InChI=1S/C18H23N3O2S/c1-2-13-5-6-14-16(12-13)24-18(19-14)21-9-7-20(8-10-21)17(22)15-4-3-11-23-15/h5-6,12,15H,2-4,7-11H2,1H3. The number of nitrogens with zero attached hydrogens (tertiary/aromatic N) is 3. The molecule has 1 atom stereocenters. The van der Waals surface area contributed by atoms with Crippen LogP contribution in [0.5, 0.6) is 0 Å². The normalized spacial score (nSPS) is 21.6. The summed E-state index contributed by atoms with van der Waals surface area (Å²) in [6.45, 7) is 6.11. The zero-order valence-electron chi connectivity index (χ0n) is 14.0. The Hall–Kier alpha value is -1.66. The van der Waals surface area contributed by atoms with E-state index in [0.29, 0.717) is 0 Å². The number of fused-ring (bicyclic) bond motifs is 1. The van der Waals surface area contributed by atoms with Crippen molar-refractivity contribution in [2.45, 2.75) is 32.3 Å². The van der Waals surface area contributed by atoms with Gasteiger partial charge in [-0.15, -0.1) is 0 Å². The van der Waals surface area contributed by atoms with E-state index in [1.165, 1.54) is 10.3 Å². The van der Waals surface area contributed by atoms with E-state index in [1.54, 1.807) is 11.3 Å². The van der Waals surface area contributed by atoms with Crippen molar-refractivity contribution in [3.05, 3.63) is 23.8 Å². The number of aryl methyl sites for hydroxylation is 1. The number of benzene rings is 1. The van der Waals surface area contributed by atoms with E-state index in [0.717, 1.165) is 62.7 Å². The molecule has 0 N–H and O–H groups in total. The maximum atomic E-state index is 12.4. The summed E-state index contributed by atoms with van der Waals surface area (Å²) in [5, 5.41) is 1.07. The molecule has 24 heavy (non-hydrogen) atoms. The van der Waals surface area contributed by atoms with Crippen LogP contribution >= 0.6 is 11.3 Å². The molecule has 5 nitrogen and oxygen atoms in total. The molecule has 0 bridgehead atoms. The molecule has 4 rings (SSSR count). The molecule has 2 aliphatic rings. The number of aromatic nitrogens is 1. The first-order valence-corrected chi connectivity index (χ1v) is 9.61. The van der Waals surface area contributed by atoms with Crippen molar-refractivity contribution in [3.8, 4) is 0 Å². The molecular formula is C18H23N3O2S. The third-order valence-electron chi connectivity index (χ3n) is 4.92. The van der Waals surface area contributed by atoms with Gasteiger partial charge in [-0.2, -0.15) is 0 Å². The third-order valence-corrected chi connectivity index (χ3v) is 6.00. The van der Waals surface area contributed by atoms with Gasteiger partial charge in [0.2, 0.25) is 0 Å². The zero-order chi connectivity index (χ0) is 16.5. The minimum atomic E-state index is -0.202. The van der Waals surface area contributed by atoms with Crippen molar-refractivity contribution in [3.63, 3.8) is 0 Å². The second kappa shape index (κ2) is 6.69. The molecule has 2 fully saturated rings. The van der Waals surface area contributed by atoms with Crippen LogP contribution in [-0.4, -0.2) is 54.7 Å². The molecular weight excluding hydrogens is 322 g/mol. The zero-order valence-corrected chi connectivity index (χ0v) is 14.8. The van der Waals surface area contributed by atoms with Crippen molar-refractivity contribution in [1.29, 1.82) is 0 Å². The van der Waals surface area contributed by atoms with E-state index in [1.807, 2.05) is 4.90 Å². The smallest absolute Gasteiger partial charge is 0.251 e. The van der Waals surface area contributed by atoms with Crippen molar-refractivity contribution < 1.29 is 9.53 Å². The molecule has 0 saturated carbocycles. The van der Waals surface area contributed by atoms with Gasteiger partial charge in [0.15, 0.2) is 5.13 Å². The van der Waals surface area contributed by atoms with Gasteiger partial charge in [-0.25, -0.2) is 4.98 Å². The van der Waals surface area contributed by atoms with Crippen LogP contribution in [-0.2, 0) is 16.0 Å². The van der Waals surface area contributed by atoms with Gasteiger partial charge in [0.1, 0.15) is 6.10 Å². The van der Waals surface area contributed by atoms with Crippen LogP contribution in [0.15, 0.2) is 18.2 Å². The van der Waals surface area contributed by atoms with Crippen LogP contribution in [0.1, 0.15) is 25.3 Å². The Morgan fingerprint density at radius 2 is 2.17 bits per heavy atom. The lowest BCUT2D eigenvalue weighted by Crippen LogP contribution is -2.51. The van der Waals surface area contributed by atoms with Gasteiger partial charge >= 0.3 is 0 Å². The van der Waals surface area contributed by atoms with Gasteiger partial charge < -0.3 is 14.5 Å². The number of ether oxygens (including phenoxy) is 1. The molecule has 0 spiro atoms. The molecule has 3 heterocycles. The number of thiazole rings is 1. The molecule has 1 aromatic heterocycles. The van der Waals surface area contributed by atoms with Crippen molar-refractivity contribution in [2.24, 2.45) is 0 Å². The van der Waals surface area contributed by atoms with Gasteiger partial charge in [-0.1, -0.05) is 24.3 Å². The molecule has 2 saturated heterocycles. The fraction of sp³-hybridized carbons (Fsp3) is 0.556. The lowest BCUT2D eigenvalue weighted by Gasteiger charge is -2.35. The Morgan fingerprint density at radius 3 is 2.88 bits per heavy atom. The van der Waals surface area contributed by atoms with Crippen LogP contribution in [0.3, 0.4) is 0 Å². The van der Waals surface area contributed by atoms with Crippen LogP contribution < -0.4 is 4.90 Å². The Kier molecular flexibility index (Phi) is 4.41. The minimum absolute atomic E-state index is 0.170. The Bertz CT molecular complexity index is 731. The van der Waals surface area contributed by atoms with E-state index in [-0.39, 0.29) is 12.0 Å². The summed E-state index contributed by atoms with van der Waals surface area (Å²) < 4.78 is 6.78. The molecule has 1 aromatic carbocycles. The predicted molar refractivity (Wildman–Crippen MR) is 96.8 cm³/mol. The van der Waals surface area contributed by atoms with Crippen molar-refractivity contribution in [1.82, 2.24) is 9.88 Å². The summed E-state index contributed by atoms with van der Waals surface area (Å²) in [5.74, 6) is 0.170. The van der Waals surface area contributed by atoms with E-state index in [2.05, 4.69) is 30.0 Å². The highest BCUT2D eigenvalue weighted by Gasteiger charge is 2.30. The quantitative estimate of drug-likeness (QED) is 0.858. The highest BCUT2D eigenvalue weighted by molar-refractivity contribution is 7.22. The van der Waals surface area contributed by atoms with Crippen molar-refractivity contribution >= 4 is 32.6 Å². The maximum Gasteiger partial charge on any atom is 0.251 e. The second-order valence-electron chi connectivity index (χ2n) is 6.47. The summed E-state index contributed by atoms with van der Waals surface area (Å²) in [7, 11) is 0. The summed E-state index contributed by atoms with van der Waals surface area (Å²) in [6, 6.07) is 6.52. The average Bonchev–Trinajstić information content (AvgIpc) is 3.30. The molecule has 0 aliphatic carbocycles. The minimum Gasteiger partial charge on any atom is -0.368 e. The summed E-state index contributed by atoms with van der Waals surface area (Å²) in [5.41, 5.74) is 2.43. The number of hydrogen-bond acceptors (Lipinski definition) is 5. The lowest BCUT2D eigenvalue weighted by molar-refractivity contribution is -0.141. The highest BCUT2D eigenvalue weighted by Crippen LogP contribution is 2.30. The first-order valence-electron chi connectivity index (χ1n) is 8.79. The van der Waals surface area contributed by atoms with Gasteiger partial charge in [0.05, 0.1) is 10.2 Å². The van der Waals surface area contributed by atoms with E-state index < -0.39 is 0 Å². The fourth-order valence-corrected chi connectivity index (χ4v) is 4.49. The number of carbonyl (C=O) groups excluding carboxylic acids is 1. The van der Waals surface area contributed by atoms with E-state index in [9.17, 15) is 4.79 Å². The number of rotatable bonds is 3. The predicted octanol–water partition coefficient (Wildman–Crippen LogP) is 2.69. The largest absolute Gasteiger partial charge is 0.368 e. The van der Waals surface area contributed by atoms with Gasteiger partial charge in [0.25, 0.3) is 5.91 Å². The van der Waals surface area contributed by atoms with Crippen LogP contribution in [0.25, 0.3) is 10.2 Å². The SMILES string of the molecule is CCc1ccc2nc(N3CCN(C(=O)C4CCCO4)CC3)sc2c1. The van der Waals surface area contributed by atoms with Gasteiger partial charge in [-0.3, -0.25) is 4.79 Å². The molecule has 1 amide bonds. The number of amides is 1. The Balaban J connectivity index is 1.42. The summed E-state index contributed by atoms with van der Waals surface area (Å²) in [4.78, 5) is 21.5. The molecule has 0 radical (unpaired) electrons. The highest BCUT2D eigenvalue weighted by atomic mass is 32.1. The Morgan fingerprint density at radius 1 is 1.33 bits per heavy atom. The Labute approximate surface area is 146 Å². The second-order valence-corrected chi connectivity index (χ2v) is 7.48. The molecule has 128 valence electrons. The van der Waals surface area contributed by atoms with Crippen molar-refractivity contribution in [2.75, 3.05) is 37.7 Å². The summed E-state index contributed by atoms with van der Waals surface area (Å²) in [6.07, 6.45) is 2.72. The molecule has 2 aromatic rings. The van der Waals surface area contributed by atoms with Gasteiger partial charge in [-0.05, 0) is 37.0 Å². The lowest BCUT2D eigenvalue weighted by atomic mass is 10.2. The summed E-state index contributed by atoms with van der Waals surface area (Å²) >= 11 is 1.75. The number of carbonyl (C=O) groups is 1. The molecule has 6 heteroatoms. The average molecular weight is 345 g/mol.